The lowest BCUT2D eigenvalue weighted by Gasteiger charge is -2.27. The minimum Gasteiger partial charge on any atom is -0.504 e. The lowest BCUT2D eigenvalue weighted by atomic mass is 10.1. The van der Waals surface area contributed by atoms with E-state index in [1.807, 2.05) is 17.9 Å². The summed E-state index contributed by atoms with van der Waals surface area (Å²) in [6.07, 6.45) is 2.51. The molecule has 2 N–H and O–H groups in total. The second-order valence-electron chi connectivity index (χ2n) is 5.52. The van der Waals surface area contributed by atoms with Crippen LogP contribution in [0.5, 0.6) is 11.5 Å². The third-order valence-corrected chi connectivity index (χ3v) is 4.36. The number of ether oxygens (including phenoxy) is 2. The highest BCUT2D eigenvalue weighted by atomic mass is 16.5. The molecule has 0 unspecified atom stereocenters. The predicted molar refractivity (Wildman–Crippen MR) is 82.3 cm³/mol. The van der Waals surface area contributed by atoms with Crippen molar-refractivity contribution in [1.82, 2.24) is 4.90 Å². The Labute approximate surface area is 129 Å². The molecule has 22 heavy (non-hydrogen) atoms. The number of amides is 1. The summed E-state index contributed by atoms with van der Waals surface area (Å²) in [6, 6.07) is 3.02. The topological polar surface area (TPSA) is 71.0 Å². The number of carbonyl (C=O) groups excluding carboxylic acids is 1. The summed E-state index contributed by atoms with van der Waals surface area (Å²) in [5.41, 5.74) is 2.26. The molecule has 1 saturated heterocycles. The van der Waals surface area contributed by atoms with Crippen LogP contribution in [0.15, 0.2) is 23.8 Å². The lowest BCUT2D eigenvalue weighted by molar-refractivity contribution is 0.0420. The summed E-state index contributed by atoms with van der Waals surface area (Å²) in [7, 11) is 3.08. The number of rotatable bonds is 2. The zero-order valence-electron chi connectivity index (χ0n) is 12.9. The second-order valence-corrected chi connectivity index (χ2v) is 5.52. The Kier molecular flexibility index (Phi) is 3.70. The number of fused-ring (bicyclic) bond motifs is 2. The van der Waals surface area contributed by atoms with Gasteiger partial charge in [-0.15, -0.1) is 0 Å². The van der Waals surface area contributed by atoms with Gasteiger partial charge in [-0.3, -0.25) is 4.79 Å². The van der Waals surface area contributed by atoms with E-state index in [1.165, 1.54) is 18.7 Å². The van der Waals surface area contributed by atoms with Crippen LogP contribution in [0.25, 0.3) is 0 Å². The summed E-state index contributed by atoms with van der Waals surface area (Å²) in [5, 5.41) is 13.2. The van der Waals surface area contributed by atoms with Crippen LogP contribution in [-0.2, 0) is 4.74 Å². The van der Waals surface area contributed by atoms with Crippen molar-refractivity contribution in [2.24, 2.45) is 0 Å². The van der Waals surface area contributed by atoms with Gasteiger partial charge in [0.15, 0.2) is 11.5 Å². The average molecular weight is 304 g/mol. The zero-order valence-corrected chi connectivity index (χ0v) is 12.9. The minimum absolute atomic E-state index is 0.00685. The van der Waals surface area contributed by atoms with Gasteiger partial charge < -0.3 is 24.8 Å². The highest BCUT2D eigenvalue weighted by Crippen LogP contribution is 2.38. The molecule has 0 saturated carbocycles. The summed E-state index contributed by atoms with van der Waals surface area (Å²) in [5.74, 6) is 0.196. The first kappa shape index (κ1) is 14.7. The normalized spacial score (nSPS) is 25.5. The molecule has 1 fully saturated rings. The first-order valence-corrected chi connectivity index (χ1v) is 7.24. The Morgan fingerprint density at radius 2 is 2.18 bits per heavy atom. The Balaban J connectivity index is 2.09. The highest BCUT2D eigenvalue weighted by Gasteiger charge is 2.41. The van der Waals surface area contributed by atoms with Crippen LogP contribution in [-0.4, -0.2) is 48.9 Å². The van der Waals surface area contributed by atoms with E-state index in [9.17, 15) is 9.90 Å². The molecule has 1 amide bonds. The maximum absolute atomic E-state index is 12.9. The Bertz CT molecular complexity index is 641. The molecule has 0 radical (unpaired) electrons. The van der Waals surface area contributed by atoms with Crippen LogP contribution in [0.3, 0.4) is 0 Å². The molecule has 0 bridgehead atoms. The van der Waals surface area contributed by atoms with Crippen molar-refractivity contribution in [2.75, 3.05) is 26.1 Å². The number of nitrogens with one attached hydrogen (secondary N) is 1. The molecule has 2 aliphatic rings. The van der Waals surface area contributed by atoms with Gasteiger partial charge in [-0.1, -0.05) is 11.6 Å². The number of allylic oxidation sites excluding steroid dienone is 1. The molecule has 6 nitrogen and oxygen atoms in total. The Morgan fingerprint density at radius 1 is 1.41 bits per heavy atom. The number of nitrogens with zero attached hydrogens (tertiary/aromatic N) is 1. The molecule has 6 heteroatoms. The van der Waals surface area contributed by atoms with Crippen LogP contribution in [0.1, 0.15) is 23.7 Å². The maximum Gasteiger partial charge on any atom is 0.256 e. The number of methoxy groups -OCH3 is 2. The van der Waals surface area contributed by atoms with Gasteiger partial charge in [-0.05, 0) is 19.4 Å². The summed E-state index contributed by atoms with van der Waals surface area (Å²) < 4.78 is 10.7. The first-order chi connectivity index (χ1) is 10.6. The van der Waals surface area contributed by atoms with E-state index >= 15 is 0 Å². The highest BCUT2D eigenvalue weighted by molar-refractivity contribution is 6.02. The van der Waals surface area contributed by atoms with E-state index in [0.29, 0.717) is 17.8 Å². The molecule has 2 aliphatic heterocycles. The number of phenolic OH excluding ortho intramolecular Hbond substituents is 1. The molecular weight excluding hydrogens is 284 g/mol. The van der Waals surface area contributed by atoms with Crippen molar-refractivity contribution in [3.63, 3.8) is 0 Å². The quantitative estimate of drug-likeness (QED) is 0.817. The number of hydrogen-bond donors (Lipinski definition) is 2. The number of anilines is 1. The fourth-order valence-electron chi connectivity index (χ4n) is 3.13. The van der Waals surface area contributed by atoms with Gasteiger partial charge in [0.1, 0.15) is 6.23 Å². The summed E-state index contributed by atoms with van der Waals surface area (Å²) in [4.78, 5) is 14.7. The van der Waals surface area contributed by atoms with Gasteiger partial charge in [-0.25, -0.2) is 0 Å². The van der Waals surface area contributed by atoms with Gasteiger partial charge >= 0.3 is 0 Å². The Hall–Kier alpha value is -2.21. The second kappa shape index (κ2) is 5.53. The molecular formula is C16H20N2O4. The van der Waals surface area contributed by atoms with Crippen molar-refractivity contribution in [1.29, 1.82) is 0 Å². The molecule has 0 aliphatic carbocycles. The van der Waals surface area contributed by atoms with Crippen LogP contribution in [0.2, 0.25) is 0 Å². The van der Waals surface area contributed by atoms with Gasteiger partial charge in [0.05, 0.1) is 24.4 Å². The van der Waals surface area contributed by atoms with Crippen molar-refractivity contribution < 1.29 is 19.4 Å². The number of hydrogen-bond acceptors (Lipinski definition) is 5. The van der Waals surface area contributed by atoms with Crippen molar-refractivity contribution in [3.8, 4) is 11.5 Å². The fraction of sp³-hybridized carbons (Fsp3) is 0.438. The van der Waals surface area contributed by atoms with Gasteiger partial charge in [0.25, 0.3) is 5.91 Å². The Morgan fingerprint density at radius 3 is 2.82 bits per heavy atom. The standard InChI is InChI=1S/C16H20N2O4/c1-4-9-5-12-15(22-3)17-11-7-13(19)14(21-2)6-10(11)16(20)18(12)8-9/h4,6-7,12,15,17,19H,5,8H2,1-3H3/t12-,15+/m0/s1. The van der Waals surface area contributed by atoms with E-state index in [-0.39, 0.29) is 29.7 Å². The molecule has 0 aromatic heterocycles. The molecule has 1 aromatic rings. The van der Waals surface area contributed by atoms with Gasteiger partial charge in [0, 0.05) is 19.7 Å². The number of phenols is 1. The number of benzene rings is 1. The van der Waals surface area contributed by atoms with Crippen LogP contribution >= 0.6 is 0 Å². The van der Waals surface area contributed by atoms with Crippen LogP contribution in [0.4, 0.5) is 5.69 Å². The largest absolute Gasteiger partial charge is 0.504 e. The van der Waals surface area contributed by atoms with E-state index in [2.05, 4.69) is 5.32 Å². The van der Waals surface area contributed by atoms with Gasteiger partial charge in [0.2, 0.25) is 0 Å². The van der Waals surface area contributed by atoms with E-state index < -0.39 is 0 Å². The lowest BCUT2D eigenvalue weighted by Crippen LogP contribution is -2.44. The molecule has 118 valence electrons. The minimum atomic E-state index is -0.324. The molecule has 0 spiro atoms. The molecule has 2 atom stereocenters. The molecule has 1 aromatic carbocycles. The summed E-state index contributed by atoms with van der Waals surface area (Å²) in [6.45, 7) is 2.58. The monoisotopic (exact) mass is 304 g/mol. The zero-order chi connectivity index (χ0) is 15.9. The molecule has 2 heterocycles. The number of carbonyl (C=O) groups is 1. The molecule has 3 rings (SSSR count). The van der Waals surface area contributed by atoms with Gasteiger partial charge in [-0.2, -0.15) is 0 Å². The van der Waals surface area contributed by atoms with Crippen molar-refractivity contribution in [2.45, 2.75) is 25.6 Å². The predicted octanol–water partition coefficient (Wildman–Crippen LogP) is 1.96. The van der Waals surface area contributed by atoms with E-state index in [4.69, 9.17) is 9.47 Å². The van der Waals surface area contributed by atoms with E-state index in [0.717, 1.165) is 6.42 Å². The third kappa shape index (κ3) is 2.20. The van der Waals surface area contributed by atoms with Crippen molar-refractivity contribution in [3.05, 3.63) is 29.3 Å². The first-order valence-electron chi connectivity index (χ1n) is 7.24. The average Bonchev–Trinajstić information content (AvgIpc) is 2.92. The van der Waals surface area contributed by atoms with Crippen LogP contribution in [0, 0.1) is 0 Å². The summed E-state index contributed by atoms with van der Waals surface area (Å²) >= 11 is 0. The SMILES string of the molecule is CC=C1C[C@H]2[C@@H](OC)Nc3cc(O)c(OC)cc3C(=O)N2C1. The smallest absolute Gasteiger partial charge is 0.256 e. The van der Waals surface area contributed by atoms with Crippen LogP contribution < -0.4 is 10.1 Å². The number of aromatic hydroxyl groups is 1. The van der Waals surface area contributed by atoms with Crippen molar-refractivity contribution >= 4 is 11.6 Å². The van der Waals surface area contributed by atoms with E-state index in [1.54, 1.807) is 13.2 Å². The maximum atomic E-state index is 12.9. The fourth-order valence-corrected chi connectivity index (χ4v) is 3.13. The third-order valence-electron chi connectivity index (χ3n) is 4.36.